The summed E-state index contributed by atoms with van der Waals surface area (Å²) < 4.78 is 19.8. The van der Waals surface area contributed by atoms with Gasteiger partial charge in [0.05, 0.1) is 6.04 Å². The van der Waals surface area contributed by atoms with E-state index < -0.39 is 11.4 Å². The summed E-state index contributed by atoms with van der Waals surface area (Å²) in [5, 5.41) is 6.81. The van der Waals surface area contributed by atoms with Crippen molar-refractivity contribution in [2.45, 2.75) is 19.5 Å². The molecule has 4 rings (SSSR count). The molecule has 146 valence electrons. The summed E-state index contributed by atoms with van der Waals surface area (Å²) in [6, 6.07) is 15.0. The lowest BCUT2D eigenvalue weighted by Gasteiger charge is -2.14. The van der Waals surface area contributed by atoms with Crippen molar-refractivity contribution in [3.8, 4) is 11.3 Å². The van der Waals surface area contributed by atoms with E-state index in [4.69, 9.17) is 4.52 Å². The Hall–Kier alpha value is -3.81. The summed E-state index contributed by atoms with van der Waals surface area (Å²) in [4.78, 5) is 29.4. The van der Waals surface area contributed by atoms with E-state index in [0.717, 1.165) is 5.56 Å². The SMILES string of the molecule is C[C@@H](NC(=O)Cn1cnc2onc(-c3cccc(F)c3)c2c1=O)c1ccccc1. The average Bonchev–Trinajstić information content (AvgIpc) is 3.16. The third-order valence-corrected chi connectivity index (χ3v) is 4.55. The number of halogens is 1. The molecule has 0 fully saturated rings. The van der Waals surface area contributed by atoms with Gasteiger partial charge in [0.1, 0.15) is 29.8 Å². The smallest absolute Gasteiger partial charge is 0.267 e. The van der Waals surface area contributed by atoms with E-state index >= 15 is 0 Å². The first-order valence-electron chi connectivity index (χ1n) is 8.98. The molecule has 7 nitrogen and oxygen atoms in total. The van der Waals surface area contributed by atoms with E-state index in [1.54, 1.807) is 6.07 Å². The highest BCUT2D eigenvalue weighted by atomic mass is 19.1. The first-order chi connectivity index (χ1) is 14.0. The fraction of sp³-hybridized carbons (Fsp3) is 0.143. The molecule has 0 unspecified atom stereocenters. The second-order valence-corrected chi connectivity index (χ2v) is 6.60. The molecule has 2 aromatic carbocycles. The predicted molar refractivity (Wildman–Crippen MR) is 104 cm³/mol. The van der Waals surface area contributed by atoms with Crippen molar-refractivity contribution in [2.75, 3.05) is 0 Å². The van der Waals surface area contributed by atoms with Crippen LogP contribution in [0.15, 0.2) is 70.2 Å². The number of carbonyl (C=O) groups is 1. The molecule has 0 spiro atoms. The molecular weight excluding hydrogens is 375 g/mol. The van der Waals surface area contributed by atoms with Crippen LogP contribution in [0.2, 0.25) is 0 Å². The number of nitrogens with zero attached hydrogens (tertiary/aromatic N) is 3. The summed E-state index contributed by atoms with van der Waals surface area (Å²) in [5.41, 5.74) is 1.07. The number of nitrogens with one attached hydrogen (secondary N) is 1. The van der Waals surface area contributed by atoms with Crippen molar-refractivity contribution in [3.63, 3.8) is 0 Å². The molecule has 2 aromatic heterocycles. The molecule has 4 aromatic rings. The summed E-state index contributed by atoms with van der Waals surface area (Å²) in [5.74, 6) is -0.800. The number of hydrogen-bond donors (Lipinski definition) is 1. The van der Waals surface area contributed by atoms with E-state index in [0.29, 0.717) is 5.56 Å². The van der Waals surface area contributed by atoms with Crippen molar-refractivity contribution in [3.05, 3.63) is 82.7 Å². The molecule has 0 aliphatic rings. The third kappa shape index (κ3) is 3.77. The van der Waals surface area contributed by atoms with Gasteiger partial charge in [-0.3, -0.25) is 14.2 Å². The van der Waals surface area contributed by atoms with Crippen molar-refractivity contribution in [1.29, 1.82) is 0 Å². The van der Waals surface area contributed by atoms with E-state index in [1.807, 2.05) is 37.3 Å². The lowest BCUT2D eigenvalue weighted by molar-refractivity contribution is -0.122. The van der Waals surface area contributed by atoms with Gasteiger partial charge in [0.2, 0.25) is 5.91 Å². The number of fused-ring (bicyclic) bond motifs is 1. The van der Waals surface area contributed by atoms with Gasteiger partial charge in [-0.15, -0.1) is 0 Å². The fourth-order valence-electron chi connectivity index (χ4n) is 3.09. The summed E-state index contributed by atoms with van der Waals surface area (Å²) in [6.45, 7) is 1.65. The lowest BCUT2D eigenvalue weighted by atomic mass is 10.1. The van der Waals surface area contributed by atoms with Crippen LogP contribution in [0.5, 0.6) is 0 Å². The van der Waals surface area contributed by atoms with E-state index in [1.165, 1.54) is 29.1 Å². The quantitative estimate of drug-likeness (QED) is 0.564. The highest BCUT2D eigenvalue weighted by Crippen LogP contribution is 2.24. The maximum absolute atomic E-state index is 13.6. The monoisotopic (exact) mass is 392 g/mol. The van der Waals surface area contributed by atoms with Crippen molar-refractivity contribution in [2.24, 2.45) is 0 Å². The number of rotatable bonds is 5. The van der Waals surface area contributed by atoms with Crippen molar-refractivity contribution < 1.29 is 13.7 Å². The van der Waals surface area contributed by atoms with E-state index in [9.17, 15) is 14.0 Å². The van der Waals surface area contributed by atoms with Gasteiger partial charge in [0, 0.05) is 5.56 Å². The Bertz CT molecular complexity index is 1230. The first kappa shape index (κ1) is 18.5. The molecule has 0 aliphatic heterocycles. The normalized spacial score (nSPS) is 12.1. The Balaban J connectivity index is 1.61. The Labute approximate surface area is 164 Å². The maximum Gasteiger partial charge on any atom is 0.267 e. The topological polar surface area (TPSA) is 90.0 Å². The molecule has 0 saturated heterocycles. The highest BCUT2D eigenvalue weighted by molar-refractivity contribution is 5.88. The summed E-state index contributed by atoms with van der Waals surface area (Å²) in [7, 11) is 0. The second kappa shape index (κ2) is 7.67. The fourth-order valence-corrected chi connectivity index (χ4v) is 3.09. The van der Waals surface area contributed by atoms with E-state index in [2.05, 4.69) is 15.5 Å². The van der Waals surface area contributed by atoms with Gasteiger partial charge in [0.15, 0.2) is 0 Å². The Morgan fingerprint density at radius 1 is 1.21 bits per heavy atom. The predicted octanol–water partition coefficient (Wildman–Crippen LogP) is 3.07. The molecule has 0 radical (unpaired) electrons. The highest BCUT2D eigenvalue weighted by Gasteiger charge is 2.19. The molecule has 0 saturated carbocycles. The zero-order chi connectivity index (χ0) is 20.4. The molecule has 1 atom stereocenters. The van der Waals surface area contributed by atoms with Gasteiger partial charge in [-0.05, 0) is 24.6 Å². The van der Waals surface area contributed by atoms with Gasteiger partial charge in [0.25, 0.3) is 11.3 Å². The Kier molecular flexibility index (Phi) is 4.90. The molecule has 1 N–H and O–H groups in total. The minimum atomic E-state index is -0.488. The Morgan fingerprint density at radius 2 is 2.00 bits per heavy atom. The average molecular weight is 392 g/mol. The molecule has 29 heavy (non-hydrogen) atoms. The van der Waals surface area contributed by atoms with Gasteiger partial charge in [-0.25, -0.2) is 9.37 Å². The summed E-state index contributed by atoms with van der Waals surface area (Å²) >= 11 is 0. The standard InChI is InChI=1S/C21H17FN4O3/c1-13(14-6-3-2-4-7-14)24-17(27)11-26-12-23-20-18(21(26)28)19(25-29-20)15-8-5-9-16(22)10-15/h2-10,12-13H,11H2,1H3,(H,24,27)/t13-/m1/s1. The molecular formula is C21H17FN4O3. The largest absolute Gasteiger partial charge is 0.348 e. The maximum atomic E-state index is 13.6. The van der Waals surface area contributed by atoms with Crippen LogP contribution in [0.3, 0.4) is 0 Å². The van der Waals surface area contributed by atoms with Crippen LogP contribution in [-0.2, 0) is 11.3 Å². The molecule has 1 amide bonds. The number of benzene rings is 2. The molecule has 0 bridgehead atoms. The van der Waals surface area contributed by atoms with Crippen molar-refractivity contribution >= 4 is 17.0 Å². The van der Waals surface area contributed by atoms with Crippen LogP contribution in [-0.4, -0.2) is 20.6 Å². The number of carbonyl (C=O) groups excluding carboxylic acids is 1. The lowest BCUT2D eigenvalue weighted by Crippen LogP contribution is -2.33. The second-order valence-electron chi connectivity index (χ2n) is 6.60. The van der Waals surface area contributed by atoms with Crippen molar-refractivity contribution in [1.82, 2.24) is 20.0 Å². The van der Waals surface area contributed by atoms with E-state index in [-0.39, 0.29) is 35.3 Å². The number of hydrogen-bond acceptors (Lipinski definition) is 5. The minimum absolute atomic E-state index is 0.0311. The Morgan fingerprint density at radius 3 is 2.76 bits per heavy atom. The third-order valence-electron chi connectivity index (χ3n) is 4.55. The minimum Gasteiger partial charge on any atom is -0.348 e. The van der Waals surface area contributed by atoms with Crippen LogP contribution in [0.25, 0.3) is 22.4 Å². The van der Waals surface area contributed by atoms with Gasteiger partial charge < -0.3 is 9.84 Å². The van der Waals surface area contributed by atoms with Crippen LogP contribution >= 0.6 is 0 Å². The zero-order valence-corrected chi connectivity index (χ0v) is 15.5. The van der Waals surface area contributed by atoms with Crippen LogP contribution in [0.1, 0.15) is 18.5 Å². The number of aromatic nitrogens is 3. The van der Waals surface area contributed by atoms with Crippen LogP contribution in [0.4, 0.5) is 4.39 Å². The number of amides is 1. The molecule has 8 heteroatoms. The van der Waals surface area contributed by atoms with Gasteiger partial charge in [-0.1, -0.05) is 47.6 Å². The van der Waals surface area contributed by atoms with Gasteiger partial charge in [-0.2, -0.15) is 0 Å². The summed E-state index contributed by atoms with van der Waals surface area (Å²) in [6.07, 6.45) is 1.23. The van der Waals surface area contributed by atoms with Crippen LogP contribution < -0.4 is 10.9 Å². The van der Waals surface area contributed by atoms with Gasteiger partial charge >= 0.3 is 0 Å². The molecule has 2 heterocycles. The molecule has 0 aliphatic carbocycles. The zero-order valence-electron chi connectivity index (χ0n) is 15.5. The first-order valence-corrected chi connectivity index (χ1v) is 8.98. The van der Waals surface area contributed by atoms with Crippen LogP contribution in [0, 0.1) is 5.82 Å².